The Hall–Kier alpha value is -3.46. The number of aliphatic hydroxyl groups excluding tert-OH is 1. The number of pyridine rings is 1. The van der Waals surface area contributed by atoms with E-state index in [2.05, 4.69) is 10.3 Å². The summed E-state index contributed by atoms with van der Waals surface area (Å²) in [4.78, 5) is 33.4. The van der Waals surface area contributed by atoms with Gasteiger partial charge in [0.15, 0.2) is 0 Å². The van der Waals surface area contributed by atoms with Crippen molar-refractivity contribution in [2.75, 3.05) is 32.1 Å². The molecule has 2 heterocycles. The Morgan fingerprint density at radius 3 is 2.85 bits per heavy atom. The Labute approximate surface area is 199 Å². The largest absolute Gasteiger partial charge is 0.472 e. The molecule has 182 valence electrons. The number of rotatable bonds is 6. The summed E-state index contributed by atoms with van der Waals surface area (Å²) in [6, 6.07) is 6.75. The fraction of sp³-hybridized carbons (Fsp3) is 0.400. The number of aromatic nitrogens is 1. The average Bonchev–Trinajstić information content (AvgIpc) is 2.82. The van der Waals surface area contributed by atoms with Crippen LogP contribution in [0.4, 0.5) is 14.9 Å². The molecule has 0 radical (unpaired) electrons. The van der Waals surface area contributed by atoms with Crippen LogP contribution >= 0.6 is 0 Å². The number of carbonyl (C=O) groups excluding carboxylic acids is 2. The van der Waals surface area contributed by atoms with Gasteiger partial charge in [-0.15, -0.1) is 0 Å². The number of hydrogen-bond donors (Lipinski definition) is 2. The molecule has 2 aromatic rings. The molecule has 1 aromatic heterocycles. The van der Waals surface area contributed by atoms with Gasteiger partial charge in [-0.3, -0.25) is 4.79 Å². The molecule has 3 atom stereocenters. The van der Waals surface area contributed by atoms with Crippen molar-refractivity contribution in [1.29, 1.82) is 0 Å². The molecule has 1 aromatic carbocycles. The number of carbonyl (C=O) groups is 2. The van der Waals surface area contributed by atoms with Gasteiger partial charge in [-0.25, -0.2) is 14.2 Å². The quantitative estimate of drug-likeness (QED) is 0.672. The van der Waals surface area contributed by atoms with Crippen LogP contribution in [0.2, 0.25) is 0 Å². The Kier molecular flexibility index (Phi) is 8.22. The number of benzene rings is 1. The maximum Gasteiger partial charge on any atom is 0.321 e. The van der Waals surface area contributed by atoms with Crippen LogP contribution in [0.3, 0.4) is 0 Å². The second-order valence-electron chi connectivity index (χ2n) is 8.53. The van der Waals surface area contributed by atoms with Crippen LogP contribution in [0, 0.1) is 11.7 Å². The van der Waals surface area contributed by atoms with E-state index in [1.165, 1.54) is 17.0 Å². The Bertz CT molecular complexity index is 1060. The fourth-order valence-corrected chi connectivity index (χ4v) is 3.75. The minimum absolute atomic E-state index is 0.0862. The fourth-order valence-electron chi connectivity index (χ4n) is 3.75. The molecule has 0 saturated heterocycles. The second-order valence-corrected chi connectivity index (χ2v) is 8.53. The summed E-state index contributed by atoms with van der Waals surface area (Å²) in [7, 11) is 1.59. The number of hydrogen-bond acceptors (Lipinski definition) is 5. The number of allylic oxidation sites excluding steroid dienone is 1. The van der Waals surface area contributed by atoms with E-state index < -0.39 is 24.0 Å². The third-order valence-electron chi connectivity index (χ3n) is 5.82. The third-order valence-corrected chi connectivity index (χ3v) is 5.82. The van der Waals surface area contributed by atoms with Gasteiger partial charge < -0.3 is 25.0 Å². The average molecular weight is 471 g/mol. The number of urea groups is 1. The first kappa shape index (κ1) is 25.2. The van der Waals surface area contributed by atoms with E-state index >= 15 is 0 Å². The van der Waals surface area contributed by atoms with E-state index in [0.717, 1.165) is 5.56 Å². The summed E-state index contributed by atoms with van der Waals surface area (Å²) < 4.78 is 20.1. The van der Waals surface area contributed by atoms with Crippen molar-refractivity contribution in [2.45, 2.75) is 32.9 Å². The zero-order chi connectivity index (χ0) is 24.8. The lowest BCUT2D eigenvalue weighted by atomic mass is 10.00. The highest BCUT2D eigenvalue weighted by atomic mass is 19.1. The lowest BCUT2D eigenvalue weighted by Gasteiger charge is -2.37. The third kappa shape index (κ3) is 5.72. The van der Waals surface area contributed by atoms with E-state index in [0.29, 0.717) is 12.1 Å². The van der Waals surface area contributed by atoms with Crippen LogP contribution in [0.1, 0.15) is 36.7 Å². The van der Waals surface area contributed by atoms with Gasteiger partial charge >= 0.3 is 6.03 Å². The highest BCUT2D eigenvalue weighted by Crippen LogP contribution is 2.28. The van der Waals surface area contributed by atoms with E-state index in [-0.39, 0.29) is 36.5 Å². The van der Waals surface area contributed by atoms with Crippen molar-refractivity contribution in [2.24, 2.45) is 5.92 Å². The van der Waals surface area contributed by atoms with E-state index in [1.807, 2.05) is 26.0 Å². The molecule has 0 saturated carbocycles. The smallest absolute Gasteiger partial charge is 0.321 e. The first-order valence-corrected chi connectivity index (χ1v) is 11.2. The van der Waals surface area contributed by atoms with Gasteiger partial charge in [0, 0.05) is 25.7 Å². The summed E-state index contributed by atoms with van der Waals surface area (Å²) in [6.45, 7) is 5.87. The molecule has 34 heavy (non-hydrogen) atoms. The Morgan fingerprint density at radius 2 is 2.18 bits per heavy atom. The molecule has 0 fully saturated rings. The van der Waals surface area contributed by atoms with Crippen molar-refractivity contribution < 1.29 is 23.8 Å². The van der Waals surface area contributed by atoms with Crippen LogP contribution in [-0.4, -0.2) is 70.7 Å². The number of halogens is 1. The molecule has 3 rings (SSSR count). The van der Waals surface area contributed by atoms with Crippen LogP contribution in [0.15, 0.2) is 42.6 Å². The van der Waals surface area contributed by atoms with E-state index in [1.54, 1.807) is 43.3 Å². The molecular formula is C25H31FN4O4. The van der Waals surface area contributed by atoms with E-state index in [4.69, 9.17) is 4.74 Å². The molecule has 1 aliphatic heterocycles. The number of likely N-dealkylation sites (N-methyl/N-ethyl adjacent to an activating group) is 1. The summed E-state index contributed by atoms with van der Waals surface area (Å²) in [6.07, 6.45) is 4.79. The van der Waals surface area contributed by atoms with Gasteiger partial charge in [-0.1, -0.05) is 31.2 Å². The highest BCUT2D eigenvalue weighted by molar-refractivity contribution is 5.97. The monoisotopic (exact) mass is 470 g/mol. The van der Waals surface area contributed by atoms with Crippen LogP contribution in [-0.2, 0) is 0 Å². The molecule has 0 aliphatic carbocycles. The molecule has 8 nitrogen and oxygen atoms in total. The first-order chi connectivity index (χ1) is 16.2. The number of anilines is 1. The molecular weight excluding hydrogens is 439 g/mol. The zero-order valence-electron chi connectivity index (χ0n) is 19.9. The van der Waals surface area contributed by atoms with Crippen LogP contribution < -0.4 is 10.1 Å². The minimum Gasteiger partial charge on any atom is -0.472 e. The molecule has 0 bridgehead atoms. The Balaban J connectivity index is 1.87. The van der Waals surface area contributed by atoms with Gasteiger partial charge in [0.25, 0.3) is 5.91 Å². The van der Waals surface area contributed by atoms with Gasteiger partial charge in [0.2, 0.25) is 5.88 Å². The number of nitrogens with zero attached hydrogens (tertiary/aromatic N) is 3. The highest BCUT2D eigenvalue weighted by Gasteiger charge is 2.34. The normalized spacial score (nSPS) is 19.1. The van der Waals surface area contributed by atoms with Gasteiger partial charge in [-0.2, -0.15) is 0 Å². The van der Waals surface area contributed by atoms with Crippen molar-refractivity contribution in [1.82, 2.24) is 14.8 Å². The minimum atomic E-state index is -0.526. The standard InChI is InChI=1S/C25H31FN4O4/c1-5-8-18-11-19-23(27-12-18)34-22(16(2)13-30(24(19)32)17(3)15-31)14-29(4)25(33)28-21-10-7-6-9-20(21)26/h5-12,16-17,22,31H,13-15H2,1-4H3,(H,28,33)/b8-5+/t16-,17+,22+/m1/s1. The van der Waals surface area contributed by atoms with Crippen LogP contribution in [0.25, 0.3) is 6.08 Å². The van der Waals surface area contributed by atoms with E-state index in [9.17, 15) is 19.1 Å². The SMILES string of the molecule is C/C=C/c1cnc2c(c1)C(=O)N([C@@H](C)CO)C[C@@H](C)[C@H](CN(C)C(=O)Nc1ccccc1F)O2. The number of para-hydroxylation sites is 1. The maximum absolute atomic E-state index is 13.9. The van der Waals surface area contributed by atoms with Crippen molar-refractivity contribution >= 4 is 23.7 Å². The Morgan fingerprint density at radius 1 is 1.44 bits per heavy atom. The summed E-state index contributed by atoms with van der Waals surface area (Å²) in [5, 5.41) is 12.3. The number of ether oxygens (including phenoxy) is 1. The predicted octanol–water partition coefficient (Wildman–Crippen LogP) is 3.64. The van der Waals surface area contributed by atoms with Crippen molar-refractivity contribution in [3.05, 3.63) is 59.5 Å². The molecule has 2 N–H and O–H groups in total. The van der Waals surface area contributed by atoms with Crippen molar-refractivity contribution in [3.63, 3.8) is 0 Å². The van der Waals surface area contributed by atoms with Crippen molar-refractivity contribution in [3.8, 4) is 5.88 Å². The lowest BCUT2D eigenvalue weighted by molar-refractivity contribution is 0.0356. The first-order valence-electron chi connectivity index (χ1n) is 11.2. The number of nitrogens with one attached hydrogen (secondary N) is 1. The summed E-state index contributed by atoms with van der Waals surface area (Å²) in [5.41, 5.74) is 1.13. The van der Waals surface area contributed by atoms with Gasteiger partial charge in [0.05, 0.1) is 24.9 Å². The van der Waals surface area contributed by atoms with Gasteiger partial charge in [0.1, 0.15) is 17.5 Å². The molecule has 9 heteroatoms. The summed E-state index contributed by atoms with van der Waals surface area (Å²) >= 11 is 0. The zero-order valence-corrected chi connectivity index (χ0v) is 19.9. The predicted molar refractivity (Wildman–Crippen MR) is 128 cm³/mol. The van der Waals surface area contributed by atoms with Gasteiger partial charge in [-0.05, 0) is 37.6 Å². The number of aliphatic hydroxyl groups is 1. The molecule has 0 unspecified atom stereocenters. The molecule has 0 spiro atoms. The number of fused-ring (bicyclic) bond motifs is 1. The van der Waals surface area contributed by atoms with Crippen LogP contribution in [0.5, 0.6) is 5.88 Å². The maximum atomic E-state index is 13.9. The topological polar surface area (TPSA) is 95.0 Å². The number of amides is 3. The molecule has 3 amide bonds. The summed E-state index contributed by atoms with van der Waals surface area (Å²) in [5.74, 6) is -0.812. The second kappa shape index (κ2) is 11.1. The molecule has 1 aliphatic rings. The lowest BCUT2D eigenvalue weighted by Crippen LogP contribution is -2.50.